The minimum atomic E-state index is 1.07. The van der Waals surface area contributed by atoms with Gasteiger partial charge in [0.15, 0.2) is 0 Å². The van der Waals surface area contributed by atoms with Crippen LogP contribution in [0.15, 0.2) is 48.5 Å². The Balaban J connectivity index is 1.99. The van der Waals surface area contributed by atoms with E-state index in [9.17, 15) is 0 Å². The predicted octanol–water partition coefficient (Wildman–Crippen LogP) is 3.81. The number of fused-ring (bicyclic) bond motifs is 2. The van der Waals surface area contributed by atoms with Gasteiger partial charge in [0.05, 0.1) is 0 Å². The van der Waals surface area contributed by atoms with Crippen molar-refractivity contribution in [3.8, 4) is 0 Å². The quantitative estimate of drug-likeness (QED) is 0.745. The van der Waals surface area contributed by atoms with Gasteiger partial charge in [-0.1, -0.05) is 55.5 Å². The molecule has 1 aliphatic heterocycles. The molecule has 2 aromatic carbocycles. The third-order valence-corrected chi connectivity index (χ3v) is 4.14. The molecule has 1 aliphatic rings. The summed E-state index contributed by atoms with van der Waals surface area (Å²) in [5, 5.41) is 0. The molecule has 3 rings (SSSR count). The Morgan fingerprint density at radius 3 is 1.58 bits per heavy atom. The summed E-state index contributed by atoms with van der Waals surface area (Å²) in [6.45, 7) is 5.49. The van der Waals surface area contributed by atoms with Crippen LogP contribution in [0, 0.1) is 0 Å². The van der Waals surface area contributed by atoms with Gasteiger partial charge >= 0.3 is 0 Å². The van der Waals surface area contributed by atoms with Crippen molar-refractivity contribution in [3.63, 3.8) is 0 Å². The second kappa shape index (κ2) is 5.58. The average molecular weight is 251 g/mol. The van der Waals surface area contributed by atoms with Gasteiger partial charge in [0.1, 0.15) is 0 Å². The molecule has 2 aromatic rings. The first-order valence-electron chi connectivity index (χ1n) is 7.22. The molecule has 1 nitrogen and oxygen atoms in total. The summed E-state index contributed by atoms with van der Waals surface area (Å²) in [6.07, 6.45) is 2.31. The monoisotopic (exact) mass is 251 g/mol. The van der Waals surface area contributed by atoms with Crippen LogP contribution in [0.3, 0.4) is 0 Å². The first kappa shape index (κ1) is 12.4. The number of aryl methyl sites for hydroxylation is 2. The third-order valence-electron chi connectivity index (χ3n) is 4.14. The van der Waals surface area contributed by atoms with Gasteiger partial charge in [-0.25, -0.2) is 0 Å². The van der Waals surface area contributed by atoms with Crippen LogP contribution < -0.4 is 0 Å². The second-order valence-electron chi connectivity index (χ2n) is 5.34. The normalized spacial score (nSPS) is 15.8. The molecule has 0 aromatic heterocycles. The number of nitrogens with zero attached hydrogens (tertiary/aromatic N) is 1. The van der Waals surface area contributed by atoms with Crippen molar-refractivity contribution in [3.05, 3.63) is 70.8 Å². The first-order valence-corrected chi connectivity index (χ1v) is 7.22. The fourth-order valence-electron chi connectivity index (χ4n) is 2.94. The van der Waals surface area contributed by atoms with E-state index in [1.165, 1.54) is 22.3 Å². The van der Waals surface area contributed by atoms with Gasteiger partial charge in [-0.15, -0.1) is 0 Å². The maximum atomic E-state index is 2.53. The van der Waals surface area contributed by atoms with Crippen molar-refractivity contribution >= 4 is 0 Å². The highest BCUT2D eigenvalue weighted by atomic mass is 15.1. The van der Waals surface area contributed by atoms with Gasteiger partial charge in [-0.05, 0) is 41.6 Å². The van der Waals surface area contributed by atoms with Crippen LogP contribution >= 0.6 is 0 Å². The van der Waals surface area contributed by atoms with Crippen molar-refractivity contribution in [2.45, 2.75) is 32.9 Å². The van der Waals surface area contributed by atoms with Gasteiger partial charge in [0, 0.05) is 13.1 Å². The molecule has 1 heteroatoms. The average Bonchev–Trinajstić information content (AvgIpc) is 2.53. The summed E-state index contributed by atoms with van der Waals surface area (Å²) < 4.78 is 0. The minimum absolute atomic E-state index is 1.07. The Bertz CT molecular complexity index is 510. The number of hydrogen-bond acceptors (Lipinski definition) is 1. The van der Waals surface area contributed by atoms with Crippen molar-refractivity contribution in [1.29, 1.82) is 0 Å². The molecule has 0 spiro atoms. The highest BCUT2D eigenvalue weighted by molar-refractivity contribution is 5.33. The third kappa shape index (κ3) is 2.71. The van der Waals surface area contributed by atoms with Crippen LogP contribution in [-0.4, -0.2) is 11.4 Å². The molecule has 0 N–H and O–H groups in total. The van der Waals surface area contributed by atoms with E-state index >= 15 is 0 Å². The van der Waals surface area contributed by atoms with Crippen molar-refractivity contribution in [1.82, 2.24) is 4.90 Å². The van der Waals surface area contributed by atoms with E-state index < -0.39 is 0 Å². The zero-order chi connectivity index (χ0) is 13.1. The Labute approximate surface area is 115 Å². The smallest absolute Gasteiger partial charge is 0.0239 e. The van der Waals surface area contributed by atoms with Gasteiger partial charge < -0.3 is 0 Å². The largest absolute Gasteiger partial charge is 0.295 e. The SMILES string of the molecule is CCN1Cc2ccccc2CCc2ccccc2C1. The summed E-state index contributed by atoms with van der Waals surface area (Å²) in [5.41, 5.74) is 6.02. The van der Waals surface area contributed by atoms with Crippen LogP contribution in [0.4, 0.5) is 0 Å². The Hall–Kier alpha value is -1.60. The van der Waals surface area contributed by atoms with Crippen LogP contribution in [0.5, 0.6) is 0 Å². The Morgan fingerprint density at radius 2 is 1.16 bits per heavy atom. The van der Waals surface area contributed by atoms with Gasteiger partial charge in [0.2, 0.25) is 0 Å². The number of hydrogen-bond donors (Lipinski definition) is 0. The molecule has 0 bridgehead atoms. The van der Waals surface area contributed by atoms with E-state index in [1.54, 1.807) is 0 Å². The summed E-state index contributed by atoms with van der Waals surface area (Å²) in [5.74, 6) is 0. The molecule has 98 valence electrons. The Morgan fingerprint density at radius 1 is 0.737 bits per heavy atom. The highest BCUT2D eigenvalue weighted by Crippen LogP contribution is 2.21. The van der Waals surface area contributed by atoms with Crippen LogP contribution in [0.25, 0.3) is 0 Å². The highest BCUT2D eigenvalue weighted by Gasteiger charge is 2.13. The zero-order valence-electron chi connectivity index (χ0n) is 11.6. The van der Waals surface area contributed by atoms with Gasteiger partial charge in [0.25, 0.3) is 0 Å². The summed E-state index contributed by atoms with van der Waals surface area (Å²) >= 11 is 0. The standard InChI is InChI=1S/C18H21N/c1-2-19-13-17-9-5-3-7-15(17)11-12-16-8-4-6-10-18(16)14-19/h3-10H,2,11-14H2,1H3. The van der Waals surface area contributed by atoms with Gasteiger partial charge in [-0.3, -0.25) is 4.90 Å². The molecular formula is C18H21N. The fourth-order valence-corrected chi connectivity index (χ4v) is 2.94. The maximum absolute atomic E-state index is 2.53. The van der Waals surface area contributed by atoms with Crippen molar-refractivity contribution in [2.75, 3.05) is 6.54 Å². The van der Waals surface area contributed by atoms with E-state index in [2.05, 4.69) is 60.4 Å². The van der Waals surface area contributed by atoms with Crippen molar-refractivity contribution < 1.29 is 0 Å². The molecule has 1 heterocycles. The van der Waals surface area contributed by atoms with Crippen molar-refractivity contribution in [2.24, 2.45) is 0 Å². The molecule has 0 aliphatic carbocycles. The fraction of sp³-hybridized carbons (Fsp3) is 0.333. The summed E-state index contributed by atoms with van der Waals surface area (Å²) in [7, 11) is 0. The van der Waals surface area contributed by atoms with Crippen LogP contribution in [0.2, 0.25) is 0 Å². The molecule has 19 heavy (non-hydrogen) atoms. The number of rotatable bonds is 1. The van der Waals surface area contributed by atoms with E-state index in [-0.39, 0.29) is 0 Å². The van der Waals surface area contributed by atoms with E-state index in [4.69, 9.17) is 0 Å². The van der Waals surface area contributed by atoms with Crippen LogP contribution in [0.1, 0.15) is 29.2 Å². The van der Waals surface area contributed by atoms with E-state index in [1.807, 2.05) is 0 Å². The lowest BCUT2D eigenvalue weighted by molar-refractivity contribution is 0.271. The zero-order valence-corrected chi connectivity index (χ0v) is 11.6. The summed E-state index contributed by atoms with van der Waals surface area (Å²) in [4.78, 5) is 2.53. The predicted molar refractivity (Wildman–Crippen MR) is 80.1 cm³/mol. The summed E-state index contributed by atoms with van der Waals surface area (Å²) in [6, 6.07) is 17.8. The van der Waals surface area contributed by atoms with E-state index in [0.29, 0.717) is 0 Å². The molecule has 0 saturated carbocycles. The molecule has 0 radical (unpaired) electrons. The lowest BCUT2D eigenvalue weighted by atomic mass is 9.98. The maximum Gasteiger partial charge on any atom is 0.0239 e. The first-order chi connectivity index (χ1) is 9.36. The van der Waals surface area contributed by atoms with Crippen LogP contribution in [-0.2, 0) is 25.9 Å². The number of benzene rings is 2. The minimum Gasteiger partial charge on any atom is -0.295 e. The molecule has 0 unspecified atom stereocenters. The molecule has 0 saturated heterocycles. The molecule has 0 fully saturated rings. The van der Waals surface area contributed by atoms with E-state index in [0.717, 1.165) is 32.5 Å². The lowest BCUT2D eigenvalue weighted by Crippen LogP contribution is -2.22. The Kier molecular flexibility index (Phi) is 3.65. The molecule has 0 atom stereocenters. The lowest BCUT2D eigenvalue weighted by Gasteiger charge is -2.21. The topological polar surface area (TPSA) is 3.24 Å². The molecule has 0 amide bonds. The second-order valence-corrected chi connectivity index (χ2v) is 5.34. The van der Waals surface area contributed by atoms with Gasteiger partial charge in [-0.2, -0.15) is 0 Å². The molecular weight excluding hydrogens is 230 g/mol.